The van der Waals surface area contributed by atoms with Crippen molar-refractivity contribution in [2.24, 2.45) is 5.84 Å². The fraction of sp³-hybridized carbons (Fsp3) is 0.562. The van der Waals surface area contributed by atoms with E-state index in [1.165, 1.54) is 5.52 Å². The number of hydrazine groups is 1. The molecule has 3 N–H and O–H groups in total. The number of aromatic nitrogens is 2. The van der Waals surface area contributed by atoms with Gasteiger partial charge >= 0.3 is 0 Å². The molecule has 0 aliphatic carbocycles. The van der Waals surface area contributed by atoms with Crippen LogP contribution >= 0.6 is 0 Å². The molecule has 5 heteroatoms. The van der Waals surface area contributed by atoms with Gasteiger partial charge in [0.25, 0.3) is 0 Å². The molecule has 0 saturated carbocycles. The monoisotopic (exact) mass is 288 g/mol. The van der Waals surface area contributed by atoms with E-state index in [0.717, 1.165) is 50.2 Å². The van der Waals surface area contributed by atoms with Crippen LogP contribution in [0.25, 0.3) is 11.0 Å². The minimum atomic E-state index is 0.125. The Morgan fingerprint density at radius 3 is 3.05 bits per heavy atom. The first-order valence-electron chi connectivity index (χ1n) is 7.85. The van der Waals surface area contributed by atoms with E-state index < -0.39 is 0 Å². The summed E-state index contributed by atoms with van der Waals surface area (Å²) in [6.45, 7) is 4.02. The van der Waals surface area contributed by atoms with Crippen LogP contribution < -0.4 is 11.3 Å². The molecular weight excluding hydrogens is 264 g/mol. The highest BCUT2D eigenvalue weighted by molar-refractivity contribution is 5.75. The summed E-state index contributed by atoms with van der Waals surface area (Å²) in [6.07, 6.45) is 4.28. The molecule has 1 aromatic heterocycles. The van der Waals surface area contributed by atoms with Crippen LogP contribution in [0.15, 0.2) is 24.3 Å². The summed E-state index contributed by atoms with van der Waals surface area (Å²) in [5.41, 5.74) is 5.19. The van der Waals surface area contributed by atoms with Crippen LogP contribution in [0.1, 0.15) is 32.0 Å². The summed E-state index contributed by atoms with van der Waals surface area (Å²) in [5.74, 6) is 6.85. The van der Waals surface area contributed by atoms with E-state index >= 15 is 0 Å². The van der Waals surface area contributed by atoms with Gasteiger partial charge in [0.15, 0.2) is 0 Å². The molecule has 2 unspecified atom stereocenters. The predicted octanol–water partition coefficient (Wildman–Crippen LogP) is 2.00. The molecule has 21 heavy (non-hydrogen) atoms. The maximum atomic E-state index is 5.77. The van der Waals surface area contributed by atoms with Crippen molar-refractivity contribution in [1.29, 1.82) is 0 Å². The largest absolute Gasteiger partial charge is 0.377 e. The Morgan fingerprint density at radius 1 is 1.48 bits per heavy atom. The molecule has 0 bridgehead atoms. The molecule has 1 saturated heterocycles. The number of nitrogens with two attached hydrogens (primary N) is 1. The van der Waals surface area contributed by atoms with E-state index in [1.807, 2.05) is 6.07 Å². The van der Waals surface area contributed by atoms with Crippen molar-refractivity contribution in [2.45, 2.75) is 51.3 Å². The van der Waals surface area contributed by atoms with E-state index in [4.69, 9.17) is 15.6 Å². The third-order valence-electron chi connectivity index (χ3n) is 4.21. The lowest BCUT2D eigenvalue weighted by Gasteiger charge is -2.22. The molecular formula is C16H24N4O. The number of hydrogen-bond acceptors (Lipinski definition) is 4. The third kappa shape index (κ3) is 2.95. The Bertz CT molecular complexity index is 589. The van der Waals surface area contributed by atoms with Crippen molar-refractivity contribution >= 4 is 11.0 Å². The summed E-state index contributed by atoms with van der Waals surface area (Å²) < 4.78 is 8.09. The highest BCUT2D eigenvalue weighted by Crippen LogP contribution is 2.21. The predicted molar refractivity (Wildman–Crippen MR) is 83.8 cm³/mol. The first-order chi connectivity index (χ1) is 10.3. The van der Waals surface area contributed by atoms with Crippen molar-refractivity contribution in [2.75, 3.05) is 6.61 Å². The smallest absolute Gasteiger partial charge is 0.111 e. The molecule has 0 radical (unpaired) electrons. The standard InChI is InChI=1S/C16H24N4O/c1-2-9-20-14-7-4-3-6-12(14)18-16(20)11-13(19-17)15-8-5-10-21-15/h3-4,6-7,13,15,19H,2,5,8-11,17H2,1H3. The van der Waals surface area contributed by atoms with Crippen LogP contribution in [-0.4, -0.2) is 28.3 Å². The first-order valence-corrected chi connectivity index (χ1v) is 7.85. The number of fused-ring (bicyclic) bond motifs is 1. The number of aryl methyl sites for hydroxylation is 1. The van der Waals surface area contributed by atoms with Gasteiger partial charge in [0.2, 0.25) is 0 Å². The number of ether oxygens (including phenoxy) is 1. The number of nitrogens with one attached hydrogen (secondary N) is 1. The summed E-state index contributed by atoms with van der Waals surface area (Å²) >= 11 is 0. The summed E-state index contributed by atoms with van der Waals surface area (Å²) in [6, 6.07) is 8.44. The molecule has 0 spiro atoms. The van der Waals surface area contributed by atoms with Gasteiger partial charge in [-0.3, -0.25) is 11.3 Å². The molecule has 2 heterocycles. The number of hydrogen-bond donors (Lipinski definition) is 2. The summed E-state index contributed by atoms with van der Waals surface area (Å²) in [5, 5.41) is 0. The van der Waals surface area contributed by atoms with Gasteiger partial charge in [-0.05, 0) is 31.4 Å². The molecule has 114 valence electrons. The van der Waals surface area contributed by atoms with E-state index in [1.54, 1.807) is 0 Å². The summed E-state index contributed by atoms with van der Waals surface area (Å²) in [4.78, 5) is 4.80. The lowest BCUT2D eigenvalue weighted by molar-refractivity contribution is 0.0776. The Morgan fingerprint density at radius 2 is 2.33 bits per heavy atom. The van der Waals surface area contributed by atoms with Crippen molar-refractivity contribution in [3.05, 3.63) is 30.1 Å². The highest BCUT2D eigenvalue weighted by atomic mass is 16.5. The van der Waals surface area contributed by atoms with E-state index in [9.17, 15) is 0 Å². The van der Waals surface area contributed by atoms with E-state index in [2.05, 4.69) is 35.1 Å². The average molecular weight is 288 g/mol. The minimum Gasteiger partial charge on any atom is -0.377 e. The summed E-state index contributed by atoms with van der Waals surface area (Å²) in [7, 11) is 0. The third-order valence-corrected chi connectivity index (χ3v) is 4.21. The van der Waals surface area contributed by atoms with E-state index in [0.29, 0.717) is 0 Å². The molecule has 1 aliphatic rings. The van der Waals surface area contributed by atoms with Gasteiger partial charge in [0, 0.05) is 19.6 Å². The van der Waals surface area contributed by atoms with E-state index in [-0.39, 0.29) is 12.1 Å². The number of rotatable bonds is 6. The topological polar surface area (TPSA) is 65.1 Å². The second-order valence-electron chi connectivity index (χ2n) is 5.70. The molecule has 0 amide bonds. The van der Waals surface area contributed by atoms with Crippen molar-refractivity contribution in [3.63, 3.8) is 0 Å². The molecule has 5 nitrogen and oxygen atoms in total. The second kappa shape index (κ2) is 6.56. The van der Waals surface area contributed by atoms with Crippen LogP contribution in [0.4, 0.5) is 0 Å². The van der Waals surface area contributed by atoms with Gasteiger partial charge in [-0.25, -0.2) is 4.98 Å². The maximum Gasteiger partial charge on any atom is 0.111 e. The fourth-order valence-electron chi connectivity index (χ4n) is 3.17. The van der Waals surface area contributed by atoms with Crippen LogP contribution in [0, 0.1) is 0 Å². The van der Waals surface area contributed by atoms with Gasteiger partial charge in [-0.1, -0.05) is 19.1 Å². The Labute approximate surface area is 125 Å². The van der Waals surface area contributed by atoms with Crippen molar-refractivity contribution < 1.29 is 4.74 Å². The van der Waals surface area contributed by atoms with Gasteiger partial charge in [-0.15, -0.1) is 0 Å². The number of benzene rings is 1. The molecule has 1 aliphatic heterocycles. The zero-order chi connectivity index (χ0) is 14.7. The minimum absolute atomic E-state index is 0.125. The number of imidazole rings is 1. The maximum absolute atomic E-state index is 5.77. The Hall–Kier alpha value is -1.43. The van der Waals surface area contributed by atoms with Crippen LogP contribution in [-0.2, 0) is 17.7 Å². The van der Waals surface area contributed by atoms with Crippen LogP contribution in [0.3, 0.4) is 0 Å². The lowest BCUT2D eigenvalue weighted by atomic mass is 10.1. The molecule has 1 fully saturated rings. The fourth-order valence-corrected chi connectivity index (χ4v) is 3.17. The van der Waals surface area contributed by atoms with Crippen molar-refractivity contribution in [3.8, 4) is 0 Å². The Kier molecular flexibility index (Phi) is 4.53. The average Bonchev–Trinajstić information content (AvgIpc) is 3.14. The zero-order valence-electron chi connectivity index (χ0n) is 12.6. The van der Waals surface area contributed by atoms with Gasteiger partial charge in [0.05, 0.1) is 23.2 Å². The first kappa shape index (κ1) is 14.5. The van der Waals surface area contributed by atoms with Crippen LogP contribution in [0.2, 0.25) is 0 Å². The van der Waals surface area contributed by atoms with Crippen LogP contribution in [0.5, 0.6) is 0 Å². The second-order valence-corrected chi connectivity index (χ2v) is 5.70. The Balaban J connectivity index is 1.89. The normalized spacial score (nSPS) is 20.2. The quantitative estimate of drug-likeness (QED) is 0.630. The zero-order valence-corrected chi connectivity index (χ0v) is 12.6. The highest BCUT2D eigenvalue weighted by Gasteiger charge is 2.27. The molecule has 2 aromatic rings. The van der Waals surface area contributed by atoms with Crippen molar-refractivity contribution in [1.82, 2.24) is 15.0 Å². The van der Waals surface area contributed by atoms with Gasteiger partial charge < -0.3 is 9.30 Å². The van der Waals surface area contributed by atoms with Gasteiger partial charge in [0.1, 0.15) is 5.82 Å². The van der Waals surface area contributed by atoms with Gasteiger partial charge in [-0.2, -0.15) is 0 Å². The number of para-hydroxylation sites is 2. The number of nitrogens with zero attached hydrogens (tertiary/aromatic N) is 2. The SMILES string of the molecule is CCCn1c(CC(NN)C2CCCO2)nc2ccccc21. The lowest BCUT2D eigenvalue weighted by Crippen LogP contribution is -2.45. The molecule has 3 rings (SSSR count). The molecule has 1 aromatic carbocycles. The molecule has 2 atom stereocenters.